The fraction of sp³-hybridized carbons (Fsp3) is 0.375. The van der Waals surface area contributed by atoms with Gasteiger partial charge in [-0.3, -0.25) is 9.78 Å². The van der Waals surface area contributed by atoms with Gasteiger partial charge >= 0.3 is 0 Å². The average molecular weight is 271 g/mol. The van der Waals surface area contributed by atoms with Crippen molar-refractivity contribution in [3.05, 3.63) is 53.6 Å². The number of hydrogen-bond acceptors (Lipinski definition) is 2. The van der Waals surface area contributed by atoms with E-state index in [2.05, 4.69) is 22.2 Å². The molecule has 0 saturated heterocycles. The standard InChI is InChI=1S/C16H21N3O/c1-3-4-7-15(13-6-5-9-17-11-13)19-16(20)14-8-10-18-12(14)2/h5-6,8-11,15,18H,3-4,7H2,1-2H3,(H,19,20). The Morgan fingerprint density at radius 3 is 2.90 bits per heavy atom. The molecule has 4 heteroatoms. The van der Waals surface area contributed by atoms with Gasteiger partial charge in [0, 0.05) is 24.3 Å². The van der Waals surface area contributed by atoms with Crippen molar-refractivity contribution in [1.29, 1.82) is 0 Å². The van der Waals surface area contributed by atoms with Gasteiger partial charge in [-0.05, 0) is 31.0 Å². The van der Waals surface area contributed by atoms with Crippen molar-refractivity contribution < 1.29 is 4.79 Å². The van der Waals surface area contributed by atoms with E-state index in [1.165, 1.54) is 0 Å². The summed E-state index contributed by atoms with van der Waals surface area (Å²) in [6.45, 7) is 4.05. The molecule has 2 aromatic rings. The van der Waals surface area contributed by atoms with Crippen LogP contribution in [0.2, 0.25) is 0 Å². The molecule has 0 radical (unpaired) electrons. The third-order valence-electron chi connectivity index (χ3n) is 3.44. The molecular formula is C16H21N3O. The second-order valence-corrected chi connectivity index (χ2v) is 4.97. The third-order valence-corrected chi connectivity index (χ3v) is 3.44. The van der Waals surface area contributed by atoms with Crippen LogP contribution in [0.5, 0.6) is 0 Å². The molecule has 2 heterocycles. The van der Waals surface area contributed by atoms with Gasteiger partial charge < -0.3 is 10.3 Å². The Labute approximate surface area is 119 Å². The maximum atomic E-state index is 12.3. The second kappa shape index (κ2) is 6.89. The summed E-state index contributed by atoms with van der Waals surface area (Å²) >= 11 is 0. The van der Waals surface area contributed by atoms with Crippen molar-refractivity contribution in [3.8, 4) is 0 Å². The summed E-state index contributed by atoms with van der Waals surface area (Å²) in [5.41, 5.74) is 2.65. The fourth-order valence-electron chi connectivity index (χ4n) is 2.25. The zero-order valence-corrected chi connectivity index (χ0v) is 12.0. The Morgan fingerprint density at radius 1 is 1.45 bits per heavy atom. The summed E-state index contributed by atoms with van der Waals surface area (Å²) in [5.74, 6) is -0.0336. The van der Waals surface area contributed by atoms with Gasteiger partial charge in [0.2, 0.25) is 0 Å². The molecule has 106 valence electrons. The molecule has 0 aliphatic carbocycles. The first-order valence-electron chi connectivity index (χ1n) is 7.07. The van der Waals surface area contributed by atoms with Crippen LogP contribution in [0.3, 0.4) is 0 Å². The number of aromatic amines is 1. The quantitative estimate of drug-likeness (QED) is 0.846. The molecule has 0 bridgehead atoms. The number of nitrogens with one attached hydrogen (secondary N) is 2. The number of carbonyl (C=O) groups is 1. The molecule has 2 aromatic heterocycles. The van der Waals surface area contributed by atoms with Crippen LogP contribution in [0.4, 0.5) is 0 Å². The maximum absolute atomic E-state index is 12.3. The van der Waals surface area contributed by atoms with E-state index in [1.807, 2.05) is 31.3 Å². The van der Waals surface area contributed by atoms with Crippen LogP contribution in [0, 0.1) is 6.92 Å². The summed E-state index contributed by atoms with van der Waals surface area (Å²) in [7, 11) is 0. The van der Waals surface area contributed by atoms with Gasteiger partial charge in [-0.1, -0.05) is 25.8 Å². The lowest BCUT2D eigenvalue weighted by atomic mass is 10.0. The van der Waals surface area contributed by atoms with Gasteiger partial charge in [0.1, 0.15) is 0 Å². The lowest BCUT2D eigenvalue weighted by Gasteiger charge is -2.18. The van der Waals surface area contributed by atoms with E-state index < -0.39 is 0 Å². The maximum Gasteiger partial charge on any atom is 0.253 e. The molecule has 2 rings (SSSR count). The predicted octanol–water partition coefficient (Wildman–Crippen LogP) is 3.38. The smallest absolute Gasteiger partial charge is 0.253 e. The Morgan fingerprint density at radius 2 is 2.30 bits per heavy atom. The molecule has 1 amide bonds. The molecule has 0 aliphatic heterocycles. The molecule has 0 saturated carbocycles. The number of rotatable bonds is 6. The Balaban J connectivity index is 2.12. The van der Waals surface area contributed by atoms with Gasteiger partial charge in [-0.2, -0.15) is 0 Å². The van der Waals surface area contributed by atoms with E-state index >= 15 is 0 Å². The minimum atomic E-state index is -0.0336. The van der Waals surface area contributed by atoms with Crippen LogP contribution >= 0.6 is 0 Å². The number of H-pyrrole nitrogens is 1. The topological polar surface area (TPSA) is 57.8 Å². The molecule has 0 aromatic carbocycles. The Kier molecular flexibility index (Phi) is 4.93. The number of carbonyl (C=O) groups excluding carboxylic acids is 1. The van der Waals surface area contributed by atoms with Crippen LogP contribution in [-0.4, -0.2) is 15.9 Å². The number of aromatic nitrogens is 2. The minimum absolute atomic E-state index is 0.0189. The highest BCUT2D eigenvalue weighted by Crippen LogP contribution is 2.19. The Bertz CT molecular complexity index is 548. The van der Waals surface area contributed by atoms with Gasteiger partial charge in [0.15, 0.2) is 0 Å². The zero-order valence-electron chi connectivity index (χ0n) is 12.0. The number of amides is 1. The molecular weight excluding hydrogens is 250 g/mol. The number of unbranched alkanes of at least 4 members (excludes halogenated alkanes) is 1. The van der Waals surface area contributed by atoms with E-state index in [4.69, 9.17) is 0 Å². The second-order valence-electron chi connectivity index (χ2n) is 4.97. The van der Waals surface area contributed by atoms with Crippen molar-refractivity contribution in [2.45, 2.75) is 39.2 Å². The van der Waals surface area contributed by atoms with Gasteiger partial charge in [-0.25, -0.2) is 0 Å². The van der Waals surface area contributed by atoms with E-state index in [0.717, 1.165) is 30.5 Å². The van der Waals surface area contributed by atoms with Gasteiger partial charge in [-0.15, -0.1) is 0 Å². The van der Waals surface area contributed by atoms with Crippen LogP contribution in [0.25, 0.3) is 0 Å². The molecule has 2 N–H and O–H groups in total. The summed E-state index contributed by atoms with van der Waals surface area (Å²) in [5, 5.41) is 3.11. The van der Waals surface area contributed by atoms with Gasteiger partial charge in [0.05, 0.1) is 11.6 Å². The summed E-state index contributed by atoms with van der Waals surface area (Å²) in [6, 6.07) is 5.75. The van der Waals surface area contributed by atoms with Crippen LogP contribution in [0.1, 0.15) is 53.8 Å². The summed E-state index contributed by atoms with van der Waals surface area (Å²) < 4.78 is 0. The average Bonchev–Trinajstić information content (AvgIpc) is 2.90. The molecule has 1 unspecified atom stereocenters. The molecule has 0 fully saturated rings. The van der Waals surface area contributed by atoms with Crippen molar-refractivity contribution in [2.75, 3.05) is 0 Å². The van der Waals surface area contributed by atoms with Crippen molar-refractivity contribution in [2.24, 2.45) is 0 Å². The molecule has 0 aliphatic rings. The first-order chi connectivity index (χ1) is 9.72. The number of pyridine rings is 1. The highest BCUT2D eigenvalue weighted by molar-refractivity contribution is 5.95. The van der Waals surface area contributed by atoms with E-state index in [1.54, 1.807) is 12.4 Å². The van der Waals surface area contributed by atoms with Crippen LogP contribution in [0.15, 0.2) is 36.8 Å². The first kappa shape index (κ1) is 14.3. The minimum Gasteiger partial charge on any atom is -0.365 e. The van der Waals surface area contributed by atoms with E-state index in [0.29, 0.717) is 5.56 Å². The third kappa shape index (κ3) is 3.47. The first-order valence-corrected chi connectivity index (χ1v) is 7.07. The van der Waals surface area contributed by atoms with E-state index in [9.17, 15) is 4.79 Å². The number of hydrogen-bond donors (Lipinski definition) is 2. The summed E-state index contributed by atoms with van der Waals surface area (Å²) in [6.07, 6.45) is 8.47. The van der Waals surface area contributed by atoms with Crippen molar-refractivity contribution in [3.63, 3.8) is 0 Å². The lowest BCUT2D eigenvalue weighted by molar-refractivity contribution is 0.0933. The highest BCUT2D eigenvalue weighted by atomic mass is 16.1. The van der Waals surface area contributed by atoms with Gasteiger partial charge in [0.25, 0.3) is 5.91 Å². The van der Waals surface area contributed by atoms with E-state index in [-0.39, 0.29) is 11.9 Å². The molecule has 20 heavy (non-hydrogen) atoms. The Hall–Kier alpha value is -2.10. The SMILES string of the molecule is CCCCC(NC(=O)c1cc[nH]c1C)c1cccnc1. The molecule has 0 spiro atoms. The number of aryl methyl sites for hydroxylation is 1. The lowest BCUT2D eigenvalue weighted by Crippen LogP contribution is -2.28. The zero-order chi connectivity index (χ0) is 14.4. The largest absolute Gasteiger partial charge is 0.365 e. The van der Waals surface area contributed by atoms with Crippen LogP contribution in [-0.2, 0) is 0 Å². The monoisotopic (exact) mass is 271 g/mol. The highest BCUT2D eigenvalue weighted by Gasteiger charge is 2.17. The fourth-order valence-corrected chi connectivity index (χ4v) is 2.25. The predicted molar refractivity (Wildman–Crippen MR) is 79.5 cm³/mol. The molecule has 1 atom stereocenters. The number of nitrogens with zero attached hydrogens (tertiary/aromatic N) is 1. The van der Waals surface area contributed by atoms with Crippen LogP contribution < -0.4 is 5.32 Å². The summed E-state index contributed by atoms with van der Waals surface area (Å²) in [4.78, 5) is 19.5. The molecule has 4 nitrogen and oxygen atoms in total. The van der Waals surface area contributed by atoms with Crippen molar-refractivity contribution >= 4 is 5.91 Å². The normalized spacial score (nSPS) is 12.1. The van der Waals surface area contributed by atoms with Crippen molar-refractivity contribution in [1.82, 2.24) is 15.3 Å².